The maximum atomic E-state index is 12.7. The number of rotatable bonds is 5. The van der Waals surface area contributed by atoms with E-state index in [2.05, 4.69) is 31.6 Å². The van der Waals surface area contributed by atoms with Crippen molar-refractivity contribution in [2.75, 3.05) is 0 Å². The molecule has 0 radical (unpaired) electrons. The molecule has 0 spiro atoms. The molecule has 3 aromatic carbocycles. The van der Waals surface area contributed by atoms with E-state index in [0.29, 0.717) is 5.92 Å². The number of nitrogens with two attached hydrogens (primary N) is 1. The lowest BCUT2D eigenvalue weighted by molar-refractivity contribution is -0.274. The van der Waals surface area contributed by atoms with Gasteiger partial charge in [0.25, 0.3) is 0 Å². The van der Waals surface area contributed by atoms with E-state index < -0.39 is 11.9 Å². The van der Waals surface area contributed by atoms with Crippen LogP contribution in [0.4, 0.5) is 13.2 Å². The second kappa shape index (κ2) is 9.62. The van der Waals surface area contributed by atoms with Crippen LogP contribution in [0.5, 0.6) is 11.5 Å². The molecule has 3 aromatic rings. The standard InChI is InChI=1S/C30H36F3NO2/c1-28(2,3)21-9-14-23(15-10-21)35-26-17-8-20-18-22(29(4,5)34)11-16-25(20)27(26)19-6-12-24(13-7-19)36-30(31,32)33/h6-8,11-13,16-18,21,23H,9-10,14-15,34H2,1-5H3. The minimum Gasteiger partial charge on any atom is -0.490 e. The van der Waals surface area contributed by atoms with Crippen LogP contribution in [0.1, 0.15) is 65.9 Å². The second-order valence-electron chi connectivity index (χ2n) is 11.6. The summed E-state index contributed by atoms with van der Waals surface area (Å²) in [6.45, 7) is 10.8. The Bertz CT molecular complexity index is 1200. The van der Waals surface area contributed by atoms with Crippen LogP contribution >= 0.6 is 0 Å². The third-order valence-electron chi connectivity index (χ3n) is 7.29. The van der Waals surface area contributed by atoms with Crippen LogP contribution in [0.25, 0.3) is 21.9 Å². The summed E-state index contributed by atoms with van der Waals surface area (Å²) in [6.07, 6.45) is -0.414. The fourth-order valence-corrected chi connectivity index (χ4v) is 5.16. The first-order valence-corrected chi connectivity index (χ1v) is 12.6. The van der Waals surface area contributed by atoms with Gasteiger partial charge in [-0.3, -0.25) is 0 Å². The third kappa shape index (κ3) is 6.15. The van der Waals surface area contributed by atoms with Gasteiger partial charge in [-0.15, -0.1) is 13.2 Å². The van der Waals surface area contributed by atoms with Crippen LogP contribution in [-0.2, 0) is 5.54 Å². The molecule has 1 aliphatic rings. The Balaban J connectivity index is 1.71. The van der Waals surface area contributed by atoms with Gasteiger partial charge in [-0.1, -0.05) is 51.1 Å². The molecule has 2 N–H and O–H groups in total. The fraction of sp³-hybridized carbons (Fsp3) is 0.467. The van der Waals surface area contributed by atoms with Gasteiger partial charge in [-0.05, 0) is 97.0 Å². The summed E-state index contributed by atoms with van der Waals surface area (Å²) < 4.78 is 48.7. The Morgan fingerprint density at radius 1 is 0.806 bits per heavy atom. The highest BCUT2D eigenvalue weighted by atomic mass is 19.4. The lowest BCUT2D eigenvalue weighted by atomic mass is 9.72. The molecule has 194 valence electrons. The molecule has 1 aliphatic carbocycles. The Hall–Kier alpha value is -2.73. The second-order valence-corrected chi connectivity index (χ2v) is 11.6. The first-order valence-electron chi connectivity index (χ1n) is 12.6. The highest BCUT2D eigenvalue weighted by Gasteiger charge is 2.32. The molecule has 4 rings (SSSR count). The Kier molecular flexibility index (Phi) is 7.04. The summed E-state index contributed by atoms with van der Waals surface area (Å²) in [7, 11) is 0. The van der Waals surface area contributed by atoms with E-state index in [1.807, 2.05) is 38.1 Å². The molecule has 1 fully saturated rings. The number of hydrogen-bond acceptors (Lipinski definition) is 3. The van der Waals surface area contributed by atoms with Crippen LogP contribution < -0.4 is 15.2 Å². The summed E-state index contributed by atoms with van der Waals surface area (Å²) in [4.78, 5) is 0. The molecule has 1 saturated carbocycles. The van der Waals surface area contributed by atoms with Gasteiger partial charge in [0.2, 0.25) is 0 Å². The summed E-state index contributed by atoms with van der Waals surface area (Å²) in [6, 6.07) is 16.1. The van der Waals surface area contributed by atoms with Crippen molar-refractivity contribution in [3.8, 4) is 22.6 Å². The van der Waals surface area contributed by atoms with Crippen LogP contribution in [0, 0.1) is 11.3 Å². The fourth-order valence-electron chi connectivity index (χ4n) is 5.16. The Labute approximate surface area is 211 Å². The number of alkyl halides is 3. The molecule has 0 heterocycles. The number of fused-ring (bicyclic) bond motifs is 1. The van der Waals surface area contributed by atoms with Gasteiger partial charge in [0, 0.05) is 11.1 Å². The summed E-state index contributed by atoms with van der Waals surface area (Å²) >= 11 is 0. The zero-order valence-corrected chi connectivity index (χ0v) is 21.7. The van der Waals surface area contributed by atoms with Crippen molar-refractivity contribution in [1.82, 2.24) is 0 Å². The van der Waals surface area contributed by atoms with Gasteiger partial charge in [-0.25, -0.2) is 0 Å². The lowest BCUT2D eigenvalue weighted by Crippen LogP contribution is -2.30. The number of ether oxygens (including phenoxy) is 2. The molecule has 36 heavy (non-hydrogen) atoms. The van der Waals surface area contributed by atoms with Crippen molar-refractivity contribution >= 4 is 10.8 Å². The van der Waals surface area contributed by atoms with Crippen LogP contribution in [0.2, 0.25) is 0 Å². The maximum Gasteiger partial charge on any atom is 0.573 e. The van der Waals surface area contributed by atoms with Gasteiger partial charge in [0.1, 0.15) is 11.5 Å². The predicted octanol–water partition coefficient (Wildman–Crippen LogP) is 8.58. The molecule has 0 amide bonds. The molecule has 0 aliphatic heterocycles. The van der Waals surface area contributed by atoms with E-state index in [0.717, 1.165) is 58.9 Å². The summed E-state index contributed by atoms with van der Waals surface area (Å²) in [5.74, 6) is 1.17. The van der Waals surface area contributed by atoms with E-state index in [1.165, 1.54) is 12.1 Å². The average Bonchev–Trinajstić information content (AvgIpc) is 2.77. The first-order chi connectivity index (χ1) is 16.7. The highest BCUT2D eigenvalue weighted by molar-refractivity contribution is 6.00. The molecular formula is C30H36F3NO2. The van der Waals surface area contributed by atoms with Gasteiger partial charge in [0.05, 0.1) is 6.10 Å². The predicted molar refractivity (Wildman–Crippen MR) is 139 cm³/mol. The molecule has 0 unspecified atom stereocenters. The van der Waals surface area contributed by atoms with E-state index in [9.17, 15) is 13.2 Å². The van der Waals surface area contributed by atoms with Gasteiger partial charge >= 0.3 is 6.36 Å². The lowest BCUT2D eigenvalue weighted by Gasteiger charge is -2.37. The number of hydrogen-bond donors (Lipinski definition) is 1. The zero-order valence-electron chi connectivity index (χ0n) is 21.7. The molecule has 3 nitrogen and oxygen atoms in total. The molecule has 0 aromatic heterocycles. The summed E-state index contributed by atoms with van der Waals surface area (Å²) in [5, 5.41) is 1.97. The SMILES string of the molecule is CC(C)(N)c1ccc2c(-c3ccc(OC(F)(F)F)cc3)c(OC3CCC(C(C)(C)C)CC3)ccc2c1. The van der Waals surface area contributed by atoms with Crippen LogP contribution in [0.3, 0.4) is 0 Å². The van der Waals surface area contributed by atoms with E-state index in [1.54, 1.807) is 12.1 Å². The van der Waals surface area contributed by atoms with E-state index in [-0.39, 0.29) is 17.3 Å². The average molecular weight is 500 g/mol. The molecular weight excluding hydrogens is 463 g/mol. The molecule has 0 bridgehead atoms. The van der Waals surface area contributed by atoms with Crippen LogP contribution in [-0.4, -0.2) is 12.5 Å². The minimum atomic E-state index is -4.73. The first kappa shape index (κ1) is 26.3. The Morgan fingerprint density at radius 3 is 2.00 bits per heavy atom. The van der Waals surface area contributed by atoms with Crippen molar-refractivity contribution in [2.45, 2.75) is 78.3 Å². The largest absolute Gasteiger partial charge is 0.573 e. The summed E-state index contributed by atoms with van der Waals surface area (Å²) in [5.41, 5.74) is 8.76. The normalized spacial score (nSPS) is 19.4. The monoisotopic (exact) mass is 499 g/mol. The zero-order chi connectivity index (χ0) is 26.3. The number of benzene rings is 3. The Morgan fingerprint density at radius 2 is 1.44 bits per heavy atom. The van der Waals surface area contributed by atoms with Crippen molar-refractivity contribution in [3.63, 3.8) is 0 Å². The smallest absolute Gasteiger partial charge is 0.490 e. The van der Waals surface area contributed by atoms with E-state index in [4.69, 9.17) is 10.5 Å². The number of halogens is 3. The molecule has 0 atom stereocenters. The van der Waals surface area contributed by atoms with Gasteiger partial charge < -0.3 is 15.2 Å². The third-order valence-corrected chi connectivity index (χ3v) is 7.29. The maximum absolute atomic E-state index is 12.7. The highest BCUT2D eigenvalue weighted by Crippen LogP contribution is 2.43. The molecule has 0 saturated heterocycles. The van der Waals surface area contributed by atoms with Gasteiger partial charge in [-0.2, -0.15) is 0 Å². The van der Waals surface area contributed by atoms with E-state index >= 15 is 0 Å². The van der Waals surface area contributed by atoms with Crippen molar-refractivity contribution in [3.05, 3.63) is 60.2 Å². The topological polar surface area (TPSA) is 44.5 Å². The van der Waals surface area contributed by atoms with Crippen molar-refractivity contribution < 1.29 is 22.6 Å². The minimum absolute atomic E-state index is 0.106. The van der Waals surface area contributed by atoms with Crippen LogP contribution in [0.15, 0.2) is 54.6 Å². The van der Waals surface area contributed by atoms with Gasteiger partial charge in [0.15, 0.2) is 0 Å². The van der Waals surface area contributed by atoms with Crippen molar-refractivity contribution in [2.24, 2.45) is 17.1 Å². The van der Waals surface area contributed by atoms with Crippen molar-refractivity contribution in [1.29, 1.82) is 0 Å². The molecule has 6 heteroatoms. The quantitative estimate of drug-likeness (QED) is 0.382.